The molecular weight excluding hydrogens is 302 g/mol. The highest BCUT2D eigenvalue weighted by molar-refractivity contribution is 7.89. The average molecular weight is 318 g/mol. The van der Waals surface area contributed by atoms with Crippen molar-refractivity contribution < 1.29 is 13.2 Å². The number of hydrogen-bond acceptors (Lipinski definition) is 4. The van der Waals surface area contributed by atoms with Crippen LogP contribution in [0.4, 0.5) is 5.69 Å². The molecule has 6 nitrogen and oxygen atoms in total. The molecule has 1 saturated heterocycles. The molecule has 1 amide bonds. The number of sulfonamides is 1. The van der Waals surface area contributed by atoms with Gasteiger partial charge in [0.05, 0.1) is 15.6 Å². The first-order chi connectivity index (χ1) is 9.31. The lowest BCUT2D eigenvalue weighted by molar-refractivity contribution is -0.124. The number of carbonyl (C=O) groups is 1. The second-order valence-electron chi connectivity index (χ2n) is 4.75. The topological polar surface area (TPSA) is 101 Å². The van der Waals surface area contributed by atoms with Crippen LogP contribution >= 0.6 is 11.6 Å². The molecule has 1 aromatic rings. The van der Waals surface area contributed by atoms with Crippen molar-refractivity contribution in [2.45, 2.75) is 30.7 Å². The Kier molecular flexibility index (Phi) is 4.22. The van der Waals surface area contributed by atoms with Crippen LogP contribution < -0.4 is 15.8 Å². The van der Waals surface area contributed by atoms with Gasteiger partial charge in [0.2, 0.25) is 15.9 Å². The average Bonchev–Trinajstić information content (AvgIpc) is 2.36. The lowest BCUT2D eigenvalue weighted by Crippen LogP contribution is -2.50. The Morgan fingerprint density at radius 3 is 2.80 bits per heavy atom. The van der Waals surface area contributed by atoms with Gasteiger partial charge in [-0.05, 0) is 37.5 Å². The van der Waals surface area contributed by atoms with Gasteiger partial charge in [-0.1, -0.05) is 11.6 Å². The number of carbonyl (C=O) groups excluding carboxylic acids is 1. The van der Waals surface area contributed by atoms with Crippen molar-refractivity contribution >= 4 is 33.2 Å². The monoisotopic (exact) mass is 317 g/mol. The van der Waals surface area contributed by atoms with E-state index in [2.05, 4.69) is 10.0 Å². The van der Waals surface area contributed by atoms with Crippen LogP contribution in [-0.2, 0) is 14.8 Å². The van der Waals surface area contributed by atoms with Gasteiger partial charge in [0, 0.05) is 6.54 Å². The van der Waals surface area contributed by atoms with Gasteiger partial charge in [-0.2, -0.15) is 4.72 Å². The number of nitrogens with two attached hydrogens (primary N) is 1. The molecule has 0 bridgehead atoms. The van der Waals surface area contributed by atoms with Crippen LogP contribution in [0.3, 0.4) is 0 Å². The van der Waals surface area contributed by atoms with Crippen LogP contribution in [0, 0.1) is 6.92 Å². The van der Waals surface area contributed by atoms with Crippen molar-refractivity contribution in [1.82, 2.24) is 10.0 Å². The Balaban J connectivity index is 2.31. The molecule has 4 N–H and O–H groups in total. The van der Waals surface area contributed by atoms with E-state index in [9.17, 15) is 13.2 Å². The predicted octanol–water partition coefficient (Wildman–Crippen LogP) is 0.788. The molecule has 1 atom stereocenters. The molecule has 2 rings (SSSR count). The summed E-state index contributed by atoms with van der Waals surface area (Å²) in [5.74, 6) is -0.306. The summed E-state index contributed by atoms with van der Waals surface area (Å²) in [4.78, 5) is 11.7. The molecule has 1 heterocycles. The number of piperidine rings is 1. The number of nitrogen functional groups attached to an aromatic ring is 1. The van der Waals surface area contributed by atoms with Crippen LogP contribution in [0.5, 0.6) is 0 Å². The molecule has 1 fully saturated rings. The van der Waals surface area contributed by atoms with E-state index in [-0.39, 0.29) is 16.5 Å². The Morgan fingerprint density at radius 1 is 1.45 bits per heavy atom. The second-order valence-corrected chi connectivity index (χ2v) is 6.84. The first kappa shape index (κ1) is 15.1. The fraction of sp³-hybridized carbons (Fsp3) is 0.417. The maximum Gasteiger partial charge on any atom is 0.241 e. The molecule has 1 unspecified atom stereocenters. The minimum absolute atomic E-state index is 0.0396. The van der Waals surface area contributed by atoms with Gasteiger partial charge in [-0.25, -0.2) is 8.42 Å². The fourth-order valence-corrected chi connectivity index (χ4v) is 3.80. The van der Waals surface area contributed by atoms with Crippen molar-refractivity contribution in [3.63, 3.8) is 0 Å². The maximum atomic E-state index is 12.3. The largest absolute Gasteiger partial charge is 0.397 e. The lowest BCUT2D eigenvalue weighted by atomic mass is 10.1. The zero-order valence-electron chi connectivity index (χ0n) is 10.9. The molecule has 0 radical (unpaired) electrons. The highest BCUT2D eigenvalue weighted by atomic mass is 35.5. The number of benzene rings is 1. The summed E-state index contributed by atoms with van der Waals surface area (Å²) in [5.41, 5.74) is 6.31. The van der Waals surface area contributed by atoms with Crippen LogP contribution in [0.1, 0.15) is 18.4 Å². The zero-order valence-corrected chi connectivity index (χ0v) is 12.5. The summed E-state index contributed by atoms with van der Waals surface area (Å²) in [6.07, 6.45) is 1.22. The maximum absolute atomic E-state index is 12.3. The SMILES string of the molecule is Cc1cc(Cl)c(N)cc1S(=O)(=O)NC1CCCNC1=O. The van der Waals surface area contributed by atoms with E-state index in [0.29, 0.717) is 23.6 Å². The molecule has 0 saturated carbocycles. The molecule has 1 aromatic carbocycles. The van der Waals surface area contributed by atoms with Crippen molar-refractivity contribution in [3.8, 4) is 0 Å². The third kappa shape index (κ3) is 3.05. The van der Waals surface area contributed by atoms with E-state index >= 15 is 0 Å². The third-order valence-corrected chi connectivity index (χ3v) is 5.11. The summed E-state index contributed by atoms with van der Waals surface area (Å²) in [6, 6.07) is 2.05. The van der Waals surface area contributed by atoms with E-state index in [4.69, 9.17) is 17.3 Å². The smallest absolute Gasteiger partial charge is 0.241 e. The van der Waals surface area contributed by atoms with Crippen molar-refractivity contribution in [2.75, 3.05) is 12.3 Å². The van der Waals surface area contributed by atoms with E-state index < -0.39 is 16.1 Å². The molecule has 0 spiro atoms. The van der Waals surface area contributed by atoms with Crippen LogP contribution in [0.25, 0.3) is 0 Å². The zero-order chi connectivity index (χ0) is 14.9. The van der Waals surface area contributed by atoms with Gasteiger partial charge in [0.25, 0.3) is 0 Å². The number of rotatable bonds is 3. The Morgan fingerprint density at radius 2 is 2.15 bits per heavy atom. The van der Waals surface area contributed by atoms with Crippen LogP contribution in [-0.4, -0.2) is 26.9 Å². The molecule has 0 aromatic heterocycles. The number of amides is 1. The van der Waals surface area contributed by atoms with Gasteiger partial charge in [0.1, 0.15) is 6.04 Å². The van der Waals surface area contributed by atoms with E-state index in [1.54, 1.807) is 6.92 Å². The molecule has 110 valence electrons. The Bertz CT molecular complexity index is 646. The minimum Gasteiger partial charge on any atom is -0.397 e. The normalized spacial score (nSPS) is 19.7. The van der Waals surface area contributed by atoms with Crippen LogP contribution in [0.15, 0.2) is 17.0 Å². The third-order valence-electron chi connectivity index (χ3n) is 3.17. The molecule has 1 aliphatic heterocycles. The predicted molar refractivity (Wildman–Crippen MR) is 77.0 cm³/mol. The number of anilines is 1. The summed E-state index contributed by atoms with van der Waals surface area (Å²) in [5, 5.41) is 2.93. The lowest BCUT2D eigenvalue weighted by Gasteiger charge is -2.23. The summed E-state index contributed by atoms with van der Waals surface area (Å²) in [6.45, 7) is 2.20. The van der Waals surface area contributed by atoms with Crippen molar-refractivity contribution in [3.05, 3.63) is 22.7 Å². The molecule has 1 aliphatic rings. The fourth-order valence-electron chi connectivity index (χ4n) is 2.09. The Labute approximate surface area is 122 Å². The molecule has 8 heteroatoms. The van der Waals surface area contributed by atoms with Gasteiger partial charge in [-0.15, -0.1) is 0 Å². The van der Waals surface area contributed by atoms with Crippen LogP contribution in [0.2, 0.25) is 5.02 Å². The second kappa shape index (κ2) is 5.59. The molecular formula is C12H16ClN3O3S. The number of nitrogens with one attached hydrogen (secondary N) is 2. The van der Waals surface area contributed by atoms with Gasteiger partial charge >= 0.3 is 0 Å². The number of halogens is 1. The van der Waals surface area contributed by atoms with Gasteiger partial charge < -0.3 is 11.1 Å². The van der Waals surface area contributed by atoms with E-state index in [1.165, 1.54) is 12.1 Å². The quantitative estimate of drug-likeness (QED) is 0.717. The van der Waals surface area contributed by atoms with Gasteiger partial charge in [-0.3, -0.25) is 4.79 Å². The van der Waals surface area contributed by atoms with Crippen molar-refractivity contribution in [2.24, 2.45) is 0 Å². The number of aryl methyl sites for hydroxylation is 1. The molecule has 20 heavy (non-hydrogen) atoms. The Hall–Kier alpha value is -1.31. The standard InChI is InChI=1S/C12H16ClN3O3S/c1-7-5-8(13)9(14)6-11(7)20(18,19)16-10-3-2-4-15-12(10)17/h5-6,10,16H,2-4,14H2,1H3,(H,15,17). The minimum atomic E-state index is -3.81. The highest BCUT2D eigenvalue weighted by Gasteiger charge is 2.28. The first-order valence-corrected chi connectivity index (χ1v) is 8.03. The first-order valence-electron chi connectivity index (χ1n) is 6.17. The van der Waals surface area contributed by atoms with Crippen molar-refractivity contribution in [1.29, 1.82) is 0 Å². The van der Waals surface area contributed by atoms with Gasteiger partial charge in [0.15, 0.2) is 0 Å². The summed E-state index contributed by atoms with van der Waals surface area (Å²) in [7, 11) is -3.81. The summed E-state index contributed by atoms with van der Waals surface area (Å²) < 4.78 is 27.1. The highest BCUT2D eigenvalue weighted by Crippen LogP contribution is 2.26. The molecule has 0 aliphatic carbocycles. The summed E-state index contributed by atoms with van der Waals surface area (Å²) >= 11 is 5.85. The van der Waals surface area contributed by atoms with E-state index in [1.807, 2.05) is 0 Å². The number of hydrogen-bond donors (Lipinski definition) is 3. The van der Waals surface area contributed by atoms with E-state index in [0.717, 1.165) is 6.42 Å².